The maximum absolute atomic E-state index is 12.5. The second-order valence-electron chi connectivity index (χ2n) is 6.68. The maximum Gasteiger partial charge on any atom is 0.277 e. The molecule has 1 amide bonds. The number of hydrogen-bond acceptors (Lipinski definition) is 6. The number of H-pyrrole nitrogens is 1. The molecule has 3 aromatic rings. The Kier molecular flexibility index (Phi) is 5.62. The normalized spacial score (nSPS) is 13.9. The number of hydrogen-bond donors (Lipinski definition) is 2. The van der Waals surface area contributed by atoms with Crippen LogP contribution in [0.4, 0.5) is 5.69 Å². The number of ether oxygens (including phenoxy) is 1. The first-order valence-electron chi connectivity index (χ1n) is 9.41. The zero-order valence-electron chi connectivity index (χ0n) is 15.8. The van der Waals surface area contributed by atoms with Gasteiger partial charge in [-0.15, -0.1) is 0 Å². The molecular weight excluding hydrogens is 370 g/mol. The third-order valence-electron chi connectivity index (χ3n) is 4.79. The van der Waals surface area contributed by atoms with Crippen molar-refractivity contribution in [3.63, 3.8) is 0 Å². The van der Waals surface area contributed by atoms with E-state index in [0.717, 1.165) is 43.1 Å². The van der Waals surface area contributed by atoms with Crippen LogP contribution in [0.5, 0.6) is 0 Å². The first kappa shape index (κ1) is 18.8. The van der Waals surface area contributed by atoms with Crippen molar-refractivity contribution in [2.24, 2.45) is 0 Å². The van der Waals surface area contributed by atoms with Gasteiger partial charge in [-0.1, -0.05) is 12.1 Å². The second kappa shape index (κ2) is 8.66. The molecule has 1 saturated heterocycles. The molecule has 1 fully saturated rings. The van der Waals surface area contributed by atoms with Gasteiger partial charge in [0.25, 0.3) is 11.5 Å². The van der Waals surface area contributed by atoms with Gasteiger partial charge in [-0.3, -0.25) is 14.6 Å². The lowest BCUT2D eigenvalue weighted by Gasteiger charge is -2.28. The van der Waals surface area contributed by atoms with Gasteiger partial charge in [0.1, 0.15) is 5.56 Å². The number of nitrogens with zero attached hydrogens (tertiary/aromatic N) is 3. The molecule has 0 spiro atoms. The smallest absolute Gasteiger partial charge is 0.277 e. The van der Waals surface area contributed by atoms with Gasteiger partial charge in [-0.2, -0.15) is 5.10 Å². The molecule has 2 N–H and O–H groups in total. The molecule has 8 nitrogen and oxygen atoms in total. The summed E-state index contributed by atoms with van der Waals surface area (Å²) in [7, 11) is 0. The zero-order chi connectivity index (χ0) is 20.1. The van der Waals surface area contributed by atoms with Crippen LogP contribution in [0.3, 0.4) is 0 Å². The molecule has 0 saturated carbocycles. The lowest BCUT2D eigenvalue weighted by Crippen LogP contribution is -2.36. The SMILES string of the molecule is O=C(NCc1ccc(N2CCOCC2)cc1)c1cc(-c2ccncc2)n[nH]c1=O. The van der Waals surface area contributed by atoms with Gasteiger partial charge in [0.05, 0.1) is 18.9 Å². The van der Waals surface area contributed by atoms with E-state index in [1.54, 1.807) is 24.5 Å². The predicted molar refractivity (Wildman–Crippen MR) is 109 cm³/mol. The Morgan fingerprint density at radius 1 is 1.10 bits per heavy atom. The van der Waals surface area contributed by atoms with Crippen molar-refractivity contribution < 1.29 is 9.53 Å². The number of anilines is 1. The molecule has 0 unspecified atom stereocenters. The minimum atomic E-state index is -0.525. The fourth-order valence-electron chi connectivity index (χ4n) is 3.17. The van der Waals surface area contributed by atoms with Crippen LogP contribution in [0.15, 0.2) is 59.7 Å². The van der Waals surface area contributed by atoms with Crippen molar-refractivity contribution >= 4 is 11.6 Å². The molecule has 0 radical (unpaired) electrons. The summed E-state index contributed by atoms with van der Waals surface area (Å²) < 4.78 is 5.37. The van der Waals surface area contributed by atoms with Crippen LogP contribution >= 0.6 is 0 Å². The number of aromatic amines is 1. The number of nitrogens with one attached hydrogen (secondary N) is 2. The van der Waals surface area contributed by atoms with Crippen molar-refractivity contribution in [3.8, 4) is 11.3 Å². The molecule has 8 heteroatoms. The van der Waals surface area contributed by atoms with Crippen LogP contribution in [-0.2, 0) is 11.3 Å². The summed E-state index contributed by atoms with van der Waals surface area (Å²) in [4.78, 5) is 30.8. The highest BCUT2D eigenvalue weighted by molar-refractivity contribution is 5.94. The third kappa shape index (κ3) is 4.49. The minimum Gasteiger partial charge on any atom is -0.378 e. The van der Waals surface area contributed by atoms with E-state index in [9.17, 15) is 9.59 Å². The van der Waals surface area contributed by atoms with E-state index in [0.29, 0.717) is 12.2 Å². The topological polar surface area (TPSA) is 100 Å². The lowest BCUT2D eigenvalue weighted by molar-refractivity contribution is 0.0949. The molecule has 0 aliphatic carbocycles. The summed E-state index contributed by atoms with van der Waals surface area (Å²) in [5, 5.41) is 9.19. The molecule has 0 atom stereocenters. The largest absolute Gasteiger partial charge is 0.378 e. The Morgan fingerprint density at radius 3 is 2.55 bits per heavy atom. The minimum absolute atomic E-state index is 0.0248. The fourth-order valence-corrected chi connectivity index (χ4v) is 3.17. The molecule has 29 heavy (non-hydrogen) atoms. The third-order valence-corrected chi connectivity index (χ3v) is 4.79. The fraction of sp³-hybridized carbons (Fsp3) is 0.238. The molecular formula is C21H21N5O3. The summed E-state index contributed by atoms with van der Waals surface area (Å²) in [6.07, 6.45) is 3.25. The van der Waals surface area contributed by atoms with Gasteiger partial charge >= 0.3 is 0 Å². The lowest BCUT2D eigenvalue weighted by atomic mass is 10.1. The average Bonchev–Trinajstić information content (AvgIpc) is 2.79. The average molecular weight is 391 g/mol. The molecule has 3 heterocycles. The summed E-state index contributed by atoms with van der Waals surface area (Å²) in [6, 6.07) is 13.0. The Hall–Kier alpha value is -3.52. The standard InChI is InChI=1S/C21H21N5O3/c27-20(18-13-19(24-25-21(18)28)16-5-7-22-8-6-16)23-14-15-1-3-17(4-2-15)26-9-11-29-12-10-26/h1-8,13H,9-12,14H2,(H,23,27)(H,25,28). The van der Waals surface area contributed by atoms with Gasteiger partial charge < -0.3 is 15.0 Å². The van der Waals surface area contributed by atoms with Crippen LogP contribution in [0, 0.1) is 0 Å². The van der Waals surface area contributed by atoms with E-state index in [1.807, 2.05) is 24.3 Å². The zero-order valence-corrected chi connectivity index (χ0v) is 15.8. The van der Waals surface area contributed by atoms with E-state index in [4.69, 9.17) is 4.74 Å². The quantitative estimate of drug-likeness (QED) is 0.685. The maximum atomic E-state index is 12.5. The van der Waals surface area contributed by atoms with Gasteiger partial charge in [0, 0.05) is 43.3 Å². The van der Waals surface area contributed by atoms with Crippen molar-refractivity contribution in [1.29, 1.82) is 0 Å². The summed E-state index contributed by atoms with van der Waals surface area (Å²) in [5.41, 5.74) is 2.86. The van der Waals surface area contributed by atoms with E-state index in [-0.39, 0.29) is 5.56 Å². The molecule has 1 aliphatic rings. The van der Waals surface area contributed by atoms with E-state index >= 15 is 0 Å². The highest BCUT2D eigenvalue weighted by Gasteiger charge is 2.14. The van der Waals surface area contributed by atoms with Gasteiger partial charge in [0.15, 0.2) is 0 Å². The van der Waals surface area contributed by atoms with Crippen LogP contribution < -0.4 is 15.8 Å². The number of carbonyl (C=O) groups is 1. The monoisotopic (exact) mass is 391 g/mol. The van der Waals surface area contributed by atoms with Crippen LogP contribution in [-0.4, -0.2) is 47.4 Å². The van der Waals surface area contributed by atoms with Crippen LogP contribution in [0.2, 0.25) is 0 Å². The number of morpholine rings is 1. The van der Waals surface area contributed by atoms with Crippen molar-refractivity contribution in [3.05, 3.63) is 76.3 Å². The Labute approximate surface area is 167 Å². The van der Waals surface area contributed by atoms with Crippen molar-refractivity contribution in [1.82, 2.24) is 20.5 Å². The molecule has 1 aliphatic heterocycles. The molecule has 148 valence electrons. The summed E-state index contributed by atoms with van der Waals surface area (Å²) in [6.45, 7) is 3.55. The number of rotatable bonds is 5. The Morgan fingerprint density at radius 2 is 1.83 bits per heavy atom. The van der Waals surface area contributed by atoms with Crippen LogP contribution in [0.25, 0.3) is 11.3 Å². The molecule has 4 rings (SSSR count). The number of pyridine rings is 1. The highest BCUT2D eigenvalue weighted by atomic mass is 16.5. The first-order valence-corrected chi connectivity index (χ1v) is 9.41. The van der Waals surface area contributed by atoms with E-state index in [1.165, 1.54) is 6.07 Å². The van der Waals surface area contributed by atoms with Gasteiger partial charge in [0.2, 0.25) is 0 Å². The van der Waals surface area contributed by atoms with E-state index in [2.05, 4.69) is 25.4 Å². The van der Waals surface area contributed by atoms with Crippen molar-refractivity contribution in [2.75, 3.05) is 31.2 Å². The Bertz CT molecular complexity index is 1030. The summed E-state index contributed by atoms with van der Waals surface area (Å²) in [5.74, 6) is -0.443. The summed E-state index contributed by atoms with van der Waals surface area (Å²) >= 11 is 0. The molecule has 0 bridgehead atoms. The Balaban J connectivity index is 1.42. The number of aromatic nitrogens is 3. The highest BCUT2D eigenvalue weighted by Crippen LogP contribution is 2.17. The van der Waals surface area contributed by atoms with Crippen LogP contribution in [0.1, 0.15) is 15.9 Å². The number of carbonyl (C=O) groups excluding carboxylic acids is 1. The molecule has 2 aromatic heterocycles. The van der Waals surface area contributed by atoms with E-state index < -0.39 is 11.5 Å². The van der Waals surface area contributed by atoms with Crippen molar-refractivity contribution in [2.45, 2.75) is 6.54 Å². The number of amides is 1. The number of benzene rings is 1. The second-order valence-corrected chi connectivity index (χ2v) is 6.68. The van der Waals surface area contributed by atoms with Gasteiger partial charge in [-0.05, 0) is 35.9 Å². The van der Waals surface area contributed by atoms with Gasteiger partial charge in [-0.25, -0.2) is 5.10 Å². The molecule has 1 aromatic carbocycles. The predicted octanol–water partition coefficient (Wildman–Crippen LogP) is 1.60. The first-order chi connectivity index (χ1) is 14.2.